The molecular weight excluding hydrogens is 297 g/mol. The number of carboxylic acids is 1. The van der Waals surface area contributed by atoms with Crippen LogP contribution in [-0.2, 0) is 4.79 Å². The summed E-state index contributed by atoms with van der Waals surface area (Å²) in [6, 6.07) is 0. The van der Waals surface area contributed by atoms with Crippen LogP contribution in [-0.4, -0.2) is 53.3 Å². The van der Waals surface area contributed by atoms with Crippen molar-refractivity contribution in [3.8, 4) is 0 Å². The van der Waals surface area contributed by atoms with E-state index in [2.05, 4.69) is 0 Å². The van der Waals surface area contributed by atoms with E-state index >= 15 is 0 Å². The fraction of sp³-hybridized carbons (Fsp3) is 0.909. The minimum atomic E-state index is -1.29. The number of aliphatic carboxylic acids is 1. The predicted octanol–water partition coefficient (Wildman–Crippen LogP) is 1.35. The van der Waals surface area contributed by atoms with E-state index < -0.39 is 28.0 Å². The Kier molecular flexibility index (Phi) is 7.87. The van der Waals surface area contributed by atoms with Gasteiger partial charge in [0.2, 0.25) is 4.84 Å². The average Bonchev–Trinajstić information content (AvgIpc) is 1.93. The van der Waals surface area contributed by atoms with Gasteiger partial charge in [-0.05, 0) is 41.5 Å². The lowest BCUT2D eigenvalue weighted by Gasteiger charge is -2.49. The molecule has 8 heteroatoms. The molecule has 0 spiro atoms. The van der Waals surface area contributed by atoms with Crippen LogP contribution < -0.4 is 0 Å². The van der Waals surface area contributed by atoms with E-state index in [1.54, 1.807) is 0 Å². The first kappa shape index (κ1) is 21.2. The van der Waals surface area contributed by atoms with Crippen LogP contribution in [0, 0.1) is 0 Å². The summed E-state index contributed by atoms with van der Waals surface area (Å²) in [5.41, 5.74) is -3.84. The molecule has 0 aromatic heterocycles. The second kappa shape index (κ2) is 7.06. The number of aliphatic hydroxyl groups is 3. The summed E-state index contributed by atoms with van der Waals surface area (Å²) in [6.07, 6.45) is 0. The molecule has 0 aliphatic rings. The summed E-state index contributed by atoms with van der Waals surface area (Å²) in [5, 5.41) is 37.0. The summed E-state index contributed by atoms with van der Waals surface area (Å²) >= 11 is 9.56. The number of carboxylic acid groups (broad SMARTS) is 1. The standard InChI is InChI=1S/C9H21NO3.C2H2Cl2O2/c1-7(2,11)10(8(3,4)12)9(5,6)13;3-1(4)2(5)6/h11-13H,1-6H3;1H,(H,5,6). The van der Waals surface area contributed by atoms with Crippen LogP contribution in [0.3, 0.4) is 0 Å². The SMILES string of the molecule is CC(C)(O)N(C(C)(C)O)C(C)(C)O.O=C(O)C(Cl)Cl. The van der Waals surface area contributed by atoms with E-state index in [-0.39, 0.29) is 0 Å². The summed E-state index contributed by atoms with van der Waals surface area (Å²) in [4.78, 5) is 9.38. The van der Waals surface area contributed by atoms with Crippen molar-refractivity contribution in [1.29, 1.82) is 0 Å². The molecule has 4 N–H and O–H groups in total. The van der Waals surface area contributed by atoms with E-state index in [9.17, 15) is 20.1 Å². The monoisotopic (exact) mass is 319 g/mol. The average molecular weight is 320 g/mol. The maximum atomic E-state index is 9.75. The van der Waals surface area contributed by atoms with Crippen LogP contribution in [0.5, 0.6) is 0 Å². The molecule has 0 rings (SSSR count). The summed E-state index contributed by atoms with van der Waals surface area (Å²) in [5.74, 6) is -1.21. The van der Waals surface area contributed by atoms with Gasteiger partial charge in [0.05, 0.1) is 0 Å². The van der Waals surface area contributed by atoms with Crippen molar-refractivity contribution < 1.29 is 25.2 Å². The molecule has 0 saturated carbocycles. The molecule has 0 bridgehead atoms. The Morgan fingerprint density at radius 2 is 1.05 bits per heavy atom. The Labute approximate surface area is 123 Å². The molecule has 0 atom stereocenters. The lowest BCUT2D eigenvalue weighted by Crippen LogP contribution is -2.64. The van der Waals surface area contributed by atoms with Crippen LogP contribution in [0.15, 0.2) is 0 Å². The van der Waals surface area contributed by atoms with Crippen molar-refractivity contribution in [3.63, 3.8) is 0 Å². The van der Waals surface area contributed by atoms with Gasteiger partial charge in [0, 0.05) is 0 Å². The fourth-order valence-corrected chi connectivity index (χ4v) is 2.01. The van der Waals surface area contributed by atoms with Crippen molar-refractivity contribution >= 4 is 29.2 Å². The summed E-state index contributed by atoms with van der Waals surface area (Å²) in [7, 11) is 0. The van der Waals surface area contributed by atoms with Crippen LogP contribution in [0.4, 0.5) is 0 Å². The molecule has 0 aromatic rings. The van der Waals surface area contributed by atoms with Gasteiger partial charge in [-0.15, -0.1) is 0 Å². The van der Waals surface area contributed by atoms with Gasteiger partial charge in [-0.2, -0.15) is 0 Å². The van der Waals surface area contributed by atoms with Gasteiger partial charge < -0.3 is 20.4 Å². The molecule has 19 heavy (non-hydrogen) atoms. The molecule has 0 aromatic carbocycles. The molecule has 0 aliphatic carbocycles. The normalized spacial score (nSPS) is 13.3. The number of carbonyl (C=O) groups is 1. The van der Waals surface area contributed by atoms with Gasteiger partial charge >= 0.3 is 5.97 Å². The minimum Gasteiger partial charge on any atom is -0.479 e. The molecule has 0 amide bonds. The molecule has 0 heterocycles. The highest BCUT2D eigenvalue weighted by atomic mass is 35.5. The lowest BCUT2D eigenvalue weighted by atomic mass is 10.1. The first-order valence-corrected chi connectivity index (χ1v) is 6.37. The van der Waals surface area contributed by atoms with Crippen molar-refractivity contribution in [2.45, 2.75) is 63.6 Å². The molecule has 0 aliphatic heterocycles. The zero-order valence-electron chi connectivity index (χ0n) is 12.0. The summed E-state index contributed by atoms with van der Waals surface area (Å²) in [6.45, 7) is 9.10. The Morgan fingerprint density at radius 1 is 0.895 bits per heavy atom. The number of nitrogens with zero attached hydrogens (tertiary/aromatic N) is 1. The molecule has 6 nitrogen and oxygen atoms in total. The lowest BCUT2D eigenvalue weighted by molar-refractivity contribution is -0.288. The molecular formula is C11H23Cl2NO5. The number of alkyl halides is 2. The highest BCUT2D eigenvalue weighted by molar-refractivity contribution is 6.52. The van der Waals surface area contributed by atoms with Crippen molar-refractivity contribution in [2.75, 3.05) is 0 Å². The molecule has 0 unspecified atom stereocenters. The van der Waals surface area contributed by atoms with E-state index in [1.165, 1.54) is 46.4 Å². The Bertz CT molecular complexity index is 256. The van der Waals surface area contributed by atoms with Gasteiger partial charge in [0.1, 0.15) is 17.2 Å². The maximum Gasteiger partial charge on any atom is 0.337 e. The molecule has 0 radical (unpaired) electrons. The smallest absolute Gasteiger partial charge is 0.337 e. The van der Waals surface area contributed by atoms with Gasteiger partial charge in [0.25, 0.3) is 0 Å². The van der Waals surface area contributed by atoms with Crippen LogP contribution >= 0.6 is 23.2 Å². The van der Waals surface area contributed by atoms with Crippen molar-refractivity contribution in [1.82, 2.24) is 4.90 Å². The van der Waals surface area contributed by atoms with E-state index in [1.807, 2.05) is 0 Å². The fourth-order valence-electron chi connectivity index (χ4n) is 2.01. The van der Waals surface area contributed by atoms with Gasteiger partial charge in [0.15, 0.2) is 0 Å². The van der Waals surface area contributed by atoms with Gasteiger partial charge in [-0.25, -0.2) is 9.69 Å². The third kappa shape index (κ3) is 9.43. The van der Waals surface area contributed by atoms with Crippen LogP contribution in [0.25, 0.3) is 0 Å². The third-order valence-electron chi connectivity index (χ3n) is 1.83. The first-order chi connectivity index (χ1) is 8.01. The Hall–Kier alpha value is -0.110. The first-order valence-electron chi connectivity index (χ1n) is 5.49. The van der Waals surface area contributed by atoms with E-state index in [0.717, 1.165) is 0 Å². The number of hydrogen-bond donors (Lipinski definition) is 4. The highest BCUT2D eigenvalue weighted by Crippen LogP contribution is 2.29. The highest BCUT2D eigenvalue weighted by Gasteiger charge is 2.43. The van der Waals surface area contributed by atoms with E-state index in [4.69, 9.17) is 28.3 Å². The second-order valence-electron chi connectivity index (χ2n) is 5.46. The molecule has 0 saturated heterocycles. The summed E-state index contributed by atoms with van der Waals surface area (Å²) < 4.78 is 0. The minimum absolute atomic E-state index is 1.21. The topological polar surface area (TPSA) is 101 Å². The maximum absolute atomic E-state index is 9.75. The number of halogens is 2. The zero-order valence-corrected chi connectivity index (χ0v) is 13.5. The van der Waals surface area contributed by atoms with Gasteiger partial charge in [-0.1, -0.05) is 23.2 Å². The van der Waals surface area contributed by atoms with E-state index in [0.29, 0.717) is 0 Å². The van der Waals surface area contributed by atoms with Crippen LogP contribution in [0.1, 0.15) is 41.5 Å². The molecule has 116 valence electrons. The van der Waals surface area contributed by atoms with Gasteiger partial charge in [-0.3, -0.25) is 0 Å². The number of hydrogen-bond acceptors (Lipinski definition) is 5. The third-order valence-corrected chi connectivity index (χ3v) is 2.20. The second-order valence-corrected chi connectivity index (χ2v) is 6.55. The molecule has 0 fully saturated rings. The Morgan fingerprint density at radius 3 is 1.05 bits per heavy atom. The number of rotatable bonds is 4. The van der Waals surface area contributed by atoms with Crippen molar-refractivity contribution in [3.05, 3.63) is 0 Å². The predicted molar refractivity (Wildman–Crippen MR) is 73.9 cm³/mol. The van der Waals surface area contributed by atoms with Crippen molar-refractivity contribution in [2.24, 2.45) is 0 Å². The largest absolute Gasteiger partial charge is 0.479 e. The quantitative estimate of drug-likeness (QED) is 0.461. The zero-order chi connectivity index (χ0) is 16.2. The van der Waals surface area contributed by atoms with Crippen LogP contribution in [0.2, 0.25) is 0 Å². The Balaban J connectivity index is 0.